The molecule has 3 aromatic rings. The van der Waals surface area contributed by atoms with Crippen molar-refractivity contribution in [1.29, 1.82) is 5.26 Å². The molecule has 1 heterocycles. The molecule has 0 aliphatic carbocycles. The largest absolute Gasteiger partial charge is 0.490 e. The fourth-order valence-corrected chi connectivity index (χ4v) is 4.15. The van der Waals surface area contributed by atoms with Crippen LogP contribution in [-0.2, 0) is 11.2 Å². The van der Waals surface area contributed by atoms with E-state index >= 15 is 0 Å². The smallest absolute Gasteiger partial charge is 0.315 e. The van der Waals surface area contributed by atoms with Gasteiger partial charge in [-0.1, -0.05) is 35.9 Å². The molecule has 0 fully saturated rings. The molecule has 1 unspecified atom stereocenters. The maximum atomic E-state index is 12.5. The van der Waals surface area contributed by atoms with Crippen LogP contribution in [0.4, 0.5) is 0 Å². The second-order valence-electron chi connectivity index (χ2n) is 7.97. The molecule has 0 aromatic heterocycles. The second kappa shape index (κ2) is 11.1. The van der Waals surface area contributed by atoms with E-state index in [9.17, 15) is 10.1 Å². The number of carbonyl (C=O) groups excluding carboxylic acids is 1. The number of benzene rings is 3. The summed E-state index contributed by atoms with van der Waals surface area (Å²) >= 11 is 5.90. The van der Waals surface area contributed by atoms with Gasteiger partial charge in [0, 0.05) is 16.7 Å². The van der Waals surface area contributed by atoms with E-state index in [1.165, 1.54) is 0 Å². The Balaban J connectivity index is 1.64. The second-order valence-corrected chi connectivity index (χ2v) is 8.41. The molecule has 0 saturated heterocycles. The first-order valence-corrected chi connectivity index (χ1v) is 11.9. The van der Waals surface area contributed by atoms with Crippen LogP contribution in [0.25, 0.3) is 0 Å². The van der Waals surface area contributed by atoms with Crippen molar-refractivity contribution in [2.75, 3.05) is 13.2 Å². The van der Waals surface area contributed by atoms with Gasteiger partial charge >= 0.3 is 5.97 Å². The Hall–Kier alpha value is -4.15. The summed E-state index contributed by atoms with van der Waals surface area (Å²) in [5, 5.41) is 10.5. The monoisotopic (exact) mass is 504 g/mol. The van der Waals surface area contributed by atoms with Gasteiger partial charge < -0.3 is 24.7 Å². The lowest BCUT2D eigenvalue weighted by atomic mass is 9.83. The van der Waals surface area contributed by atoms with Crippen molar-refractivity contribution in [2.24, 2.45) is 5.73 Å². The molecule has 184 valence electrons. The van der Waals surface area contributed by atoms with Gasteiger partial charge in [-0.15, -0.1) is 0 Å². The summed E-state index contributed by atoms with van der Waals surface area (Å²) in [6.07, 6.45) is 0.0880. The molecular formula is C28H25ClN2O5. The standard InChI is InChI=1S/C28H25ClN2O5/c1-3-33-23-12-7-18(14-25(23)34-4-2)27-21-11-10-20(15-24(21)36-28(31)22(27)16-30)35-26(32)13-17-5-8-19(29)9-6-17/h5-12,14-15,27H,3-4,13,31H2,1-2H3. The lowest BCUT2D eigenvalue weighted by Crippen LogP contribution is -2.21. The molecule has 3 aromatic carbocycles. The number of hydrogen-bond donors (Lipinski definition) is 1. The SMILES string of the molecule is CCOc1ccc(C2C(C#N)=C(N)Oc3cc(OC(=O)Cc4ccc(Cl)cc4)ccc32)cc1OCC. The first-order valence-electron chi connectivity index (χ1n) is 11.5. The zero-order valence-electron chi connectivity index (χ0n) is 19.9. The number of halogens is 1. The van der Waals surface area contributed by atoms with Gasteiger partial charge in [0.1, 0.15) is 23.1 Å². The van der Waals surface area contributed by atoms with Crippen LogP contribution in [0.1, 0.15) is 36.5 Å². The molecule has 1 aliphatic rings. The number of rotatable bonds is 8. The Kier molecular flexibility index (Phi) is 7.67. The van der Waals surface area contributed by atoms with E-state index in [1.807, 2.05) is 32.0 Å². The van der Waals surface area contributed by atoms with Crippen LogP contribution in [0.3, 0.4) is 0 Å². The van der Waals surface area contributed by atoms with E-state index in [-0.39, 0.29) is 17.9 Å². The maximum Gasteiger partial charge on any atom is 0.315 e. The Morgan fingerprint density at radius 2 is 1.75 bits per heavy atom. The third-order valence-corrected chi connectivity index (χ3v) is 5.84. The minimum atomic E-state index is -0.493. The average Bonchev–Trinajstić information content (AvgIpc) is 2.86. The van der Waals surface area contributed by atoms with Crippen LogP contribution in [0.5, 0.6) is 23.0 Å². The molecule has 0 spiro atoms. The van der Waals surface area contributed by atoms with Crippen molar-refractivity contribution in [2.45, 2.75) is 26.2 Å². The van der Waals surface area contributed by atoms with Gasteiger partial charge in [0.2, 0.25) is 5.88 Å². The number of carbonyl (C=O) groups is 1. The molecule has 1 atom stereocenters. The lowest BCUT2D eigenvalue weighted by molar-refractivity contribution is -0.133. The zero-order chi connectivity index (χ0) is 25.7. The highest BCUT2D eigenvalue weighted by atomic mass is 35.5. The molecule has 36 heavy (non-hydrogen) atoms. The molecule has 0 amide bonds. The Morgan fingerprint density at radius 3 is 2.44 bits per heavy atom. The Morgan fingerprint density at radius 1 is 1.03 bits per heavy atom. The molecule has 7 nitrogen and oxygen atoms in total. The lowest BCUT2D eigenvalue weighted by Gasteiger charge is -2.27. The average molecular weight is 505 g/mol. The molecule has 8 heteroatoms. The molecule has 2 N–H and O–H groups in total. The fraction of sp³-hybridized carbons (Fsp3) is 0.214. The minimum Gasteiger partial charge on any atom is -0.490 e. The van der Waals surface area contributed by atoms with Crippen molar-refractivity contribution >= 4 is 17.6 Å². The van der Waals surface area contributed by atoms with Gasteiger partial charge in [-0.25, -0.2) is 0 Å². The summed E-state index contributed by atoms with van der Waals surface area (Å²) in [5.41, 5.74) is 8.70. The molecule has 1 aliphatic heterocycles. The number of allylic oxidation sites excluding steroid dienone is 1. The minimum absolute atomic E-state index is 0.00788. The first kappa shape index (κ1) is 25.0. The summed E-state index contributed by atoms with van der Waals surface area (Å²) in [7, 11) is 0. The highest BCUT2D eigenvalue weighted by Gasteiger charge is 2.31. The number of nitrogens with two attached hydrogens (primary N) is 1. The summed E-state index contributed by atoms with van der Waals surface area (Å²) in [6.45, 7) is 4.74. The Bertz CT molecular complexity index is 1350. The number of nitriles is 1. The van der Waals surface area contributed by atoms with Crippen LogP contribution in [0.15, 0.2) is 72.1 Å². The number of nitrogens with zero attached hydrogens (tertiary/aromatic N) is 1. The van der Waals surface area contributed by atoms with Gasteiger partial charge in [-0.05, 0) is 55.3 Å². The van der Waals surface area contributed by atoms with E-state index < -0.39 is 11.9 Å². The van der Waals surface area contributed by atoms with Crippen LogP contribution in [-0.4, -0.2) is 19.2 Å². The number of fused-ring (bicyclic) bond motifs is 1. The van der Waals surface area contributed by atoms with Gasteiger partial charge in [0.25, 0.3) is 0 Å². The van der Waals surface area contributed by atoms with Crippen molar-refractivity contribution in [3.63, 3.8) is 0 Å². The fourth-order valence-electron chi connectivity index (χ4n) is 4.03. The summed E-state index contributed by atoms with van der Waals surface area (Å²) in [6, 6.07) is 19.7. The number of esters is 1. The number of hydrogen-bond acceptors (Lipinski definition) is 7. The summed E-state index contributed by atoms with van der Waals surface area (Å²) in [5.74, 6) is 0.974. The molecule has 0 saturated carbocycles. The third kappa shape index (κ3) is 5.40. The van der Waals surface area contributed by atoms with Gasteiger partial charge in [-0.3, -0.25) is 4.79 Å². The summed E-state index contributed by atoms with van der Waals surface area (Å²) < 4.78 is 22.7. The van der Waals surface area contributed by atoms with Crippen molar-refractivity contribution < 1.29 is 23.7 Å². The van der Waals surface area contributed by atoms with Crippen LogP contribution in [0, 0.1) is 11.3 Å². The predicted molar refractivity (Wildman–Crippen MR) is 135 cm³/mol. The Labute approximate surface area is 214 Å². The molecule has 0 radical (unpaired) electrons. The topological polar surface area (TPSA) is 104 Å². The third-order valence-electron chi connectivity index (χ3n) is 5.58. The van der Waals surface area contributed by atoms with E-state index in [0.29, 0.717) is 46.8 Å². The van der Waals surface area contributed by atoms with Gasteiger partial charge in [-0.2, -0.15) is 5.26 Å². The zero-order valence-corrected chi connectivity index (χ0v) is 20.7. The van der Waals surface area contributed by atoms with E-state index in [1.54, 1.807) is 42.5 Å². The van der Waals surface area contributed by atoms with Crippen molar-refractivity contribution in [3.8, 4) is 29.1 Å². The maximum absolute atomic E-state index is 12.5. The van der Waals surface area contributed by atoms with Crippen LogP contribution in [0.2, 0.25) is 5.02 Å². The normalized spacial score (nSPS) is 14.3. The molecule has 4 rings (SSSR count). The quantitative estimate of drug-likeness (QED) is 0.319. The van der Waals surface area contributed by atoms with E-state index in [0.717, 1.165) is 11.1 Å². The molecular weight excluding hydrogens is 480 g/mol. The summed E-state index contributed by atoms with van der Waals surface area (Å²) in [4.78, 5) is 12.5. The number of ether oxygens (including phenoxy) is 4. The van der Waals surface area contributed by atoms with Crippen LogP contribution >= 0.6 is 11.6 Å². The highest BCUT2D eigenvalue weighted by molar-refractivity contribution is 6.30. The van der Waals surface area contributed by atoms with E-state index in [2.05, 4.69) is 6.07 Å². The van der Waals surface area contributed by atoms with E-state index in [4.69, 9.17) is 36.3 Å². The first-order chi connectivity index (χ1) is 17.4. The predicted octanol–water partition coefficient (Wildman–Crippen LogP) is 5.50. The molecule has 0 bridgehead atoms. The van der Waals surface area contributed by atoms with Gasteiger partial charge in [0.05, 0.1) is 25.6 Å². The van der Waals surface area contributed by atoms with Crippen LogP contribution < -0.4 is 24.7 Å². The van der Waals surface area contributed by atoms with Crippen molar-refractivity contribution in [3.05, 3.63) is 93.8 Å². The highest BCUT2D eigenvalue weighted by Crippen LogP contribution is 2.45. The van der Waals surface area contributed by atoms with Gasteiger partial charge in [0.15, 0.2) is 11.5 Å². The van der Waals surface area contributed by atoms with Crippen molar-refractivity contribution in [1.82, 2.24) is 0 Å².